The first-order valence-corrected chi connectivity index (χ1v) is 5.06. The normalized spacial score (nSPS) is 16.4. The van der Waals surface area contributed by atoms with E-state index in [1.165, 1.54) is 0 Å². The van der Waals surface area contributed by atoms with Crippen LogP contribution in [0.5, 0.6) is 0 Å². The fourth-order valence-corrected chi connectivity index (χ4v) is 1.04. The highest BCUT2D eigenvalue weighted by atomic mass is 32.2. The summed E-state index contributed by atoms with van der Waals surface area (Å²) in [6.07, 6.45) is 0. The van der Waals surface area contributed by atoms with Crippen molar-refractivity contribution in [3.8, 4) is 0 Å². The number of rotatable bonds is 3. The highest BCUT2D eigenvalue weighted by molar-refractivity contribution is 7.79. The average Bonchev–Trinajstić information content (AvgIpc) is 1.81. The van der Waals surface area contributed by atoms with E-state index in [4.69, 9.17) is 15.0 Å². The molecule has 2 atom stereocenters. The van der Waals surface area contributed by atoms with Crippen LogP contribution in [0.2, 0.25) is 0 Å². The fourth-order valence-electron chi connectivity index (χ4n) is 0.599. The van der Waals surface area contributed by atoms with Crippen molar-refractivity contribution in [1.29, 1.82) is 0 Å². The molecule has 0 radical (unpaired) electrons. The zero-order valence-corrected chi connectivity index (χ0v) is 8.76. The summed E-state index contributed by atoms with van der Waals surface area (Å²) in [4.78, 5) is 11.1. The van der Waals surface area contributed by atoms with Gasteiger partial charge in [-0.25, -0.2) is 4.21 Å². The maximum absolute atomic E-state index is 11.1. The molecule has 0 aromatic carbocycles. The summed E-state index contributed by atoms with van der Waals surface area (Å²) in [5, 5.41) is 0. The molecule has 0 aliphatic heterocycles. The van der Waals surface area contributed by atoms with E-state index >= 15 is 0 Å². The first kappa shape index (κ1) is 12.5. The van der Waals surface area contributed by atoms with Crippen molar-refractivity contribution in [2.75, 3.05) is 5.75 Å². The van der Waals surface area contributed by atoms with Crippen LogP contribution in [0.15, 0.2) is 0 Å². The van der Waals surface area contributed by atoms with Crippen LogP contribution in [-0.2, 0) is 20.6 Å². The van der Waals surface area contributed by atoms with Crippen LogP contribution >= 0.6 is 0 Å². The monoisotopic (exact) mass is 209 g/mol. The Morgan fingerprint density at radius 1 is 1.62 bits per heavy atom. The van der Waals surface area contributed by atoms with Gasteiger partial charge in [-0.2, -0.15) is 0 Å². The fraction of sp³-hybridized carbons (Fsp3) is 0.857. The molecule has 2 unspecified atom stereocenters. The highest BCUT2D eigenvalue weighted by Crippen LogP contribution is 2.07. The van der Waals surface area contributed by atoms with E-state index in [0.717, 1.165) is 0 Å². The van der Waals surface area contributed by atoms with Gasteiger partial charge in [0.25, 0.3) is 0 Å². The van der Waals surface area contributed by atoms with E-state index in [1.54, 1.807) is 20.8 Å². The third-order valence-electron chi connectivity index (χ3n) is 1.03. The second-order valence-electron chi connectivity index (χ2n) is 3.63. The van der Waals surface area contributed by atoms with E-state index in [-0.39, 0.29) is 5.75 Å². The Hall–Kier alpha value is -0.460. The summed E-state index contributed by atoms with van der Waals surface area (Å²) in [5.74, 6) is -0.954. The lowest BCUT2D eigenvalue weighted by Gasteiger charge is -2.21. The molecule has 0 heterocycles. The lowest BCUT2D eigenvalue weighted by Crippen LogP contribution is -2.40. The molecule has 6 heteroatoms. The molecule has 0 saturated carbocycles. The Labute approximate surface area is 79.9 Å². The Bertz CT molecular complexity index is 211. The SMILES string of the molecule is CC(C)(C)OC(=O)C(N)CS(=O)O. The summed E-state index contributed by atoms with van der Waals surface area (Å²) in [5.41, 5.74) is 4.68. The second kappa shape index (κ2) is 4.69. The molecule has 0 saturated heterocycles. The number of hydrogen-bond acceptors (Lipinski definition) is 4. The van der Waals surface area contributed by atoms with E-state index in [2.05, 4.69) is 0 Å². The smallest absolute Gasteiger partial charge is 0.324 e. The first-order chi connectivity index (χ1) is 5.72. The topological polar surface area (TPSA) is 89.6 Å². The van der Waals surface area contributed by atoms with E-state index < -0.39 is 28.7 Å². The van der Waals surface area contributed by atoms with Crippen molar-refractivity contribution in [2.45, 2.75) is 32.4 Å². The zero-order chi connectivity index (χ0) is 10.6. The van der Waals surface area contributed by atoms with Gasteiger partial charge in [-0.05, 0) is 20.8 Å². The van der Waals surface area contributed by atoms with Crippen LogP contribution in [0.1, 0.15) is 20.8 Å². The summed E-state index contributed by atoms with van der Waals surface area (Å²) < 4.78 is 23.6. The number of carbonyl (C=O) groups excluding carboxylic acids is 1. The first-order valence-electron chi connectivity index (χ1n) is 3.78. The molecule has 78 valence electrons. The van der Waals surface area contributed by atoms with Crippen molar-refractivity contribution >= 4 is 17.0 Å². The zero-order valence-electron chi connectivity index (χ0n) is 7.94. The van der Waals surface area contributed by atoms with Gasteiger partial charge in [0.1, 0.15) is 11.6 Å². The lowest BCUT2D eigenvalue weighted by molar-refractivity contribution is -0.155. The van der Waals surface area contributed by atoms with Crippen LogP contribution in [0.3, 0.4) is 0 Å². The molecule has 0 aliphatic rings. The van der Waals surface area contributed by atoms with Crippen LogP contribution in [0, 0.1) is 0 Å². The molecule has 0 fully saturated rings. The summed E-state index contributed by atoms with van der Waals surface area (Å²) >= 11 is -2.07. The molecule has 0 aromatic heterocycles. The second-order valence-corrected chi connectivity index (χ2v) is 4.60. The van der Waals surface area contributed by atoms with E-state index in [0.29, 0.717) is 0 Å². The predicted octanol–water partition coefficient (Wildman–Crippen LogP) is -0.123. The molecule has 0 rings (SSSR count). The third kappa shape index (κ3) is 6.68. The lowest BCUT2D eigenvalue weighted by atomic mass is 10.2. The standard InChI is InChI=1S/C7H15NO4S/c1-7(2,3)12-6(9)5(8)4-13(10)11/h5H,4,8H2,1-3H3,(H,10,11). The maximum atomic E-state index is 11.1. The maximum Gasteiger partial charge on any atom is 0.324 e. The Balaban J connectivity index is 4.05. The number of carbonyl (C=O) groups is 1. The van der Waals surface area contributed by atoms with Gasteiger partial charge in [-0.15, -0.1) is 0 Å². The average molecular weight is 209 g/mol. The van der Waals surface area contributed by atoms with Gasteiger partial charge in [0.05, 0.1) is 5.75 Å². The summed E-state index contributed by atoms with van der Waals surface area (Å²) in [6.45, 7) is 5.11. The van der Waals surface area contributed by atoms with E-state index in [9.17, 15) is 9.00 Å². The molecule has 13 heavy (non-hydrogen) atoms. The van der Waals surface area contributed by atoms with Gasteiger partial charge in [-0.3, -0.25) is 4.79 Å². The Morgan fingerprint density at radius 3 is 2.38 bits per heavy atom. The Morgan fingerprint density at radius 2 is 2.08 bits per heavy atom. The number of esters is 1. The van der Waals surface area contributed by atoms with Crippen LogP contribution in [-0.4, -0.2) is 32.1 Å². The van der Waals surface area contributed by atoms with Gasteiger partial charge in [0, 0.05) is 0 Å². The highest BCUT2D eigenvalue weighted by Gasteiger charge is 2.23. The molecule has 0 spiro atoms. The number of nitrogens with two attached hydrogens (primary N) is 1. The molecular formula is C7H15NO4S. The van der Waals surface area contributed by atoms with Gasteiger partial charge in [0.15, 0.2) is 11.1 Å². The Kier molecular flexibility index (Phi) is 4.52. The number of hydrogen-bond donors (Lipinski definition) is 2. The molecule has 0 aliphatic carbocycles. The van der Waals surface area contributed by atoms with Crippen molar-refractivity contribution < 1.29 is 18.3 Å². The van der Waals surface area contributed by atoms with Crippen molar-refractivity contribution in [3.63, 3.8) is 0 Å². The van der Waals surface area contributed by atoms with Gasteiger partial charge in [-0.1, -0.05) is 0 Å². The predicted molar refractivity (Wildman–Crippen MR) is 49.5 cm³/mol. The van der Waals surface area contributed by atoms with Crippen LogP contribution in [0.4, 0.5) is 0 Å². The van der Waals surface area contributed by atoms with Gasteiger partial charge < -0.3 is 15.0 Å². The summed E-state index contributed by atoms with van der Waals surface area (Å²) in [7, 11) is 0. The van der Waals surface area contributed by atoms with Crippen molar-refractivity contribution in [3.05, 3.63) is 0 Å². The largest absolute Gasteiger partial charge is 0.459 e. The molecule has 0 amide bonds. The minimum absolute atomic E-state index is 0.297. The van der Waals surface area contributed by atoms with Crippen molar-refractivity contribution in [2.24, 2.45) is 5.73 Å². The third-order valence-corrected chi connectivity index (χ3v) is 1.68. The minimum atomic E-state index is -2.07. The molecule has 5 nitrogen and oxygen atoms in total. The van der Waals surface area contributed by atoms with Crippen molar-refractivity contribution in [1.82, 2.24) is 0 Å². The summed E-state index contributed by atoms with van der Waals surface area (Å²) in [6, 6.07) is -1.04. The molecule has 0 aromatic rings. The molecule has 0 bridgehead atoms. The van der Waals surface area contributed by atoms with E-state index in [1.807, 2.05) is 0 Å². The quantitative estimate of drug-likeness (QED) is 0.499. The van der Waals surface area contributed by atoms with Gasteiger partial charge in [0.2, 0.25) is 0 Å². The minimum Gasteiger partial charge on any atom is -0.459 e. The van der Waals surface area contributed by atoms with Crippen LogP contribution < -0.4 is 5.73 Å². The molecule has 3 N–H and O–H groups in total. The van der Waals surface area contributed by atoms with Gasteiger partial charge >= 0.3 is 5.97 Å². The molecular weight excluding hydrogens is 194 g/mol. The number of ether oxygens (including phenoxy) is 1. The van der Waals surface area contributed by atoms with Crippen LogP contribution in [0.25, 0.3) is 0 Å².